The number of aromatic nitrogens is 2. The first-order valence-electron chi connectivity index (χ1n) is 7.53. The highest BCUT2D eigenvalue weighted by Crippen LogP contribution is 2.29. The maximum atomic E-state index is 12.4. The largest absolute Gasteiger partial charge is 0.417 e. The first-order chi connectivity index (χ1) is 12.8. The summed E-state index contributed by atoms with van der Waals surface area (Å²) in [5, 5.41) is 16.3. The van der Waals surface area contributed by atoms with Gasteiger partial charge in [-0.05, 0) is 18.2 Å². The molecule has 0 aromatic carbocycles. The lowest BCUT2D eigenvalue weighted by molar-refractivity contribution is -0.385. The number of thioether (sulfide) groups is 1. The highest BCUT2D eigenvalue weighted by atomic mass is 32.2. The summed E-state index contributed by atoms with van der Waals surface area (Å²) in [5.41, 5.74) is -0.968. The molecule has 0 bridgehead atoms. The molecule has 2 aromatic rings. The molecule has 0 radical (unpaired) electrons. The summed E-state index contributed by atoms with van der Waals surface area (Å²) < 4.78 is 37.3. The van der Waals surface area contributed by atoms with Crippen LogP contribution in [0.1, 0.15) is 5.56 Å². The first kappa shape index (κ1) is 20.4. The van der Waals surface area contributed by atoms with Crippen molar-refractivity contribution < 1.29 is 22.9 Å². The molecule has 0 saturated heterocycles. The van der Waals surface area contributed by atoms with Crippen LogP contribution in [0, 0.1) is 10.1 Å². The summed E-state index contributed by atoms with van der Waals surface area (Å²) in [6.07, 6.45) is -2.60. The van der Waals surface area contributed by atoms with Gasteiger partial charge in [-0.1, -0.05) is 11.8 Å². The molecule has 0 aliphatic rings. The van der Waals surface area contributed by atoms with E-state index in [0.29, 0.717) is 17.4 Å². The quantitative estimate of drug-likeness (QED) is 0.303. The van der Waals surface area contributed by atoms with E-state index in [2.05, 4.69) is 20.6 Å². The number of carbonyl (C=O) groups excluding carboxylic acids is 1. The number of rotatable bonds is 8. The van der Waals surface area contributed by atoms with Crippen molar-refractivity contribution in [2.24, 2.45) is 0 Å². The average Bonchev–Trinajstić information content (AvgIpc) is 2.63. The molecule has 0 fully saturated rings. The second-order valence-electron chi connectivity index (χ2n) is 5.11. The van der Waals surface area contributed by atoms with Gasteiger partial charge >= 0.3 is 6.18 Å². The van der Waals surface area contributed by atoms with Crippen molar-refractivity contribution in [2.75, 3.05) is 24.2 Å². The third-order valence-electron chi connectivity index (χ3n) is 3.13. The Hall–Kier alpha value is -2.89. The van der Waals surface area contributed by atoms with E-state index in [0.717, 1.165) is 30.2 Å². The van der Waals surface area contributed by atoms with Crippen LogP contribution in [-0.2, 0) is 11.0 Å². The summed E-state index contributed by atoms with van der Waals surface area (Å²) in [7, 11) is 0. The van der Waals surface area contributed by atoms with Gasteiger partial charge < -0.3 is 10.6 Å². The Labute approximate surface area is 155 Å². The van der Waals surface area contributed by atoms with Crippen LogP contribution >= 0.6 is 11.8 Å². The van der Waals surface area contributed by atoms with Gasteiger partial charge in [0.25, 0.3) is 5.69 Å². The number of pyridine rings is 2. The van der Waals surface area contributed by atoms with Crippen LogP contribution in [0.5, 0.6) is 0 Å². The van der Waals surface area contributed by atoms with Crippen molar-refractivity contribution in [3.05, 3.63) is 52.3 Å². The number of nitro groups is 1. The predicted molar refractivity (Wildman–Crippen MR) is 92.4 cm³/mol. The van der Waals surface area contributed by atoms with E-state index in [1.165, 1.54) is 18.2 Å². The van der Waals surface area contributed by atoms with Crippen LogP contribution in [0.25, 0.3) is 0 Å². The van der Waals surface area contributed by atoms with E-state index in [4.69, 9.17) is 0 Å². The minimum absolute atomic E-state index is 0.00808. The van der Waals surface area contributed by atoms with Gasteiger partial charge in [-0.2, -0.15) is 13.2 Å². The van der Waals surface area contributed by atoms with E-state index in [-0.39, 0.29) is 23.9 Å². The third-order valence-corrected chi connectivity index (χ3v) is 4.07. The maximum Gasteiger partial charge on any atom is 0.417 e. The molecule has 2 rings (SSSR count). The molecule has 1 amide bonds. The molecule has 144 valence electrons. The van der Waals surface area contributed by atoms with Crippen molar-refractivity contribution >= 4 is 29.2 Å². The van der Waals surface area contributed by atoms with Crippen LogP contribution in [0.3, 0.4) is 0 Å². The zero-order valence-electron chi connectivity index (χ0n) is 13.7. The van der Waals surface area contributed by atoms with E-state index in [1.807, 2.05) is 0 Å². The van der Waals surface area contributed by atoms with Gasteiger partial charge in [0.1, 0.15) is 12.0 Å². The smallest absolute Gasteiger partial charge is 0.368 e. The Morgan fingerprint density at radius 1 is 1.15 bits per heavy atom. The Morgan fingerprint density at radius 2 is 1.93 bits per heavy atom. The average molecular weight is 401 g/mol. The van der Waals surface area contributed by atoms with Crippen molar-refractivity contribution in [2.45, 2.75) is 11.2 Å². The van der Waals surface area contributed by atoms with E-state index in [1.54, 1.807) is 0 Å². The molecule has 0 saturated carbocycles. The standard InChI is InChI=1S/C15H14F3N5O3S/c16-15(17,18)10-1-4-14(22-7-10)27-9-13(24)20-6-5-19-12-3-2-11(8-21-12)23(25)26/h1-4,7-8H,5-6,9H2,(H,19,21)(H,20,24). The molecule has 2 N–H and O–H groups in total. The van der Waals surface area contributed by atoms with Crippen molar-refractivity contribution in [3.8, 4) is 0 Å². The normalized spacial score (nSPS) is 11.1. The topological polar surface area (TPSA) is 110 Å². The molecule has 2 heterocycles. The second kappa shape index (κ2) is 9.16. The highest BCUT2D eigenvalue weighted by Gasteiger charge is 2.30. The van der Waals surface area contributed by atoms with Gasteiger partial charge in [0, 0.05) is 25.4 Å². The van der Waals surface area contributed by atoms with Gasteiger partial charge in [0.2, 0.25) is 5.91 Å². The van der Waals surface area contributed by atoms with E-state index in [9.17, 15) is 28.1 Å². The molecule has 27 heavy (non-hydrogen) atoms. The molecule has 2 aromatic heterocycles. The predicted octanol–water partition coefficient (Wildman–Crippen LogP) is 2.72. The summed E-state index contributed by atoms with van der Waals surface area (Å²) >= 11 is 1.02. The van der Waals surface area contributed by atoms with Crippen molar-refractivity contribution in [1.29, 1.82) is 0 Å². The summed E-state index contributed by atoms with van der Waals surface area (Å²) in [5.74, 6) is 0.132. The SMILES string of the molecule is O=C(CSc1ccc(C(F)(F)F)cn1)NCCNc1ccc([N+](=O)[O-])cn1. The zero-order chi connectivity index (χ0) is 19.9. The Balaban J connectivity index is 1.67. The minimum Gasteiger partial charge on any atom is -0.368 e. The van der Waals surface area contributed by atoms with Gasteiger partial charge in [0.15, 0.2) is 0 Å². The monoisotopic (exact) mass is 401 g/mol. The zero-order valence-corrected chi connectivity index (χ0v) is 14.5. The maximum absolute atomic E-state index is 12.4. The lowest BCUT2D eigenvalue weighted by atomic mass is 10.3. The van der Waals surface area contributed by atoms with E-state index < -0.39 is 16.7 Å². The molecular weight excluding hydrogens is 387 g/mol. The second-order valence-corrected chi connectivity index (χ2v) is 6.10. The van der Waals surface area contributed by atoms with Crippen LogP contribution < -0.4 is 10.6 Å². The molecule has 12 heteroatoms. The Bertz CT molecular complexity index is 785. The fourth-order valence-corrected chi connectivity index (χ4v) is 2.49. The fourth-order valence-electron chi connectivity index (χ4n) is 1.81. The molecular formula is C15H14F3N5O3S. The number of anilines is 1. The van der Waals surface area contributed by atoms with Gasteiger partial charge in [-0.25, -0.2) is 9.97 Å². The summed E-state index contributed by atoms with van der Waals surface area (Å²) in [6, 6.07) is 4.88. The van der Waals surface area contributed by atoms with Gasteiger partial charge in [-0.3, -0.25) is 14.9 Å². The van der Waals surface area contributed by atoms with Crippen molar-refractivity contribution in [3.63, 3.8) is 0 Å². The number of nitrogens with zero attached hydrogens (tertiary/aromatic N) is 3. The van der Waals surface area contributed by atoms with Crippen LogP contribution in [0.15, 0.2) is 41.7 Å². The third kappa shape index (κ3) is 6.73. The number of halogens is 3. The number of nitrogens with one attached hydrogen (secondary N) is 2. The molecule has 8 nitrogen and oxygen atoms in total. The molecule has 0 atom stereocenters. The number of amides is 1. The van der Waals surface area contributed by atoms with Crippen LogP contribution in [-0.4, -0.2) is 39.6 Å². The molecule has 0 spiro atoms. The first-order valence-corrected chi connectivity index (χ1v) is 8.51. The van der Waals surface area contributed by atoms with Crippen LogP contribution in [0.4, 0.5) is 24.7 Å². The fraction of sp³-hybridized carbons (Fsp3) is 0.267. The number of hydrogen-bond acceptors (Lipinski definition) is 7. The Morgan fingerprint density at radius 3 is 2.48 bits per heavy atom. The Kier molecular flexibility index (Phi) is 6.93. The lowest BCUT2D eigenvalue weighted by Gasteiger charge is -2.08. The molecule has 0 unspecified atom stereocenters. The summed E-state index contributed by atoms with van der Waals surface area (Å²) in [4.78, 5) is 29.2. The molecule has 0 aliphatic carbocycles. The number of carbonyl (C=O) groups is 1. The van der Waals surface area contributed by atoms with Gasteiger partial charge in [-0.15, -0.1) is 0 Å². The van der Waals surface area contributed by atoms with Gasteiger partial charge in [0.05, 0.1) is 21.3 Å². The summed E-state index contributed by atoms with van der Waals surface area (Å²) in [6.45, 7) is 0.623. The van der Waals surface area contributed by atoms with Crippen LogP contribution in [0.2, 0.25) is 0 Å². The van der Waals surface area contributed by atoms with Crippen molar-refractivity contribution in [1.82, 2.24) is 15.3 Å². The van der Waals surface area contributed by atoms with E-state index >= 15 is 0 Å². The molecule has 0 aliphatic heterocycles. The number of hydrogen-bond donors (Lipinski definition) is 2. The highest BCUT2D eigenvalue weighted by molar-refractivity contribution is 7.99. The number of alkyl halides is 3. The lowest BCUT2D eigenvalue weighted by Crippen LogP contribution is -2.30. The minimum atomic E-state index is -4.45.